The molecule has 134 valence electrons. The van der Waals surface area contributed by atoms with Crippen molar-refractivity contribution in [1.29, 1.82) is 0 Å². The molecule has 4 rings (SSSR count). The molecule has 0 radical (unpaired) electrons. The molecule has 1 atom stereocenters. The lowest BCUT2D eigenvalue weighted by atomic mass is 10.1. The van der Waals surface area contributed by atoms with Crippen LogP contribution < -0.4 is 0 Å². The van der Waals surface area contributed by atoms with E-state index >= 15 is 0 Å². The number of hydrogen-bond donors (Lipinski definition) is 0. The Labute approximate surface area is 153 Å². The quantitative estimate of drug-likeness (QED) is 0.653. The number of rotatable bonds is 6. The van der Waals surface area contributed by atoms with E-state index in [1.54, 1.807) is 6.07 Å². The summed E-state index contributed by atoms with van der Waals surface area (Å²) in [5, 5.41) is 4.61. The topological polar surface area (TPSA) is 34.0 Å². The van der Waals surface area contributed by atoms with Crippen molar-refractivity contribution in [3.63, 3.8) is 0 Å². The molecular formula is C21H23FN4. The Kier molecular flexibility index (Phi) is 4.55. The molecule has 1 fully saturated rings. The van der Waals surface area contributed by atoms with Gasteiger partial charge in [-0.05, 0) is 32.8 Å². The molecule has 0 amide bonds. The van der Waals surface area contributed by atoms with Crippen LogP contribution in [0.1, 0.15) is 37.2 Å². The number of hydrogen-bond acceptors (Lipinski definition) is 3. The molecule has 1 heterocycles. The highest BCUT2D eigenvalue weighted by Crippen LogP contribution is 2.36. The lowest BCUT2D eigenvalue weighted by Crippen LogP contribution is -2.32. The number of benzene rings is 2. The molecule has 26 heavy (non-hydrogen) atoms. The maximum absolute atomic E-state index is 14.3. The van der Waals surface area contributed by atoms with E-state index < -0.39 is 0 Å². The van der Waals surface area contributed by atoms with Gasteiger partial charge in [-0.15, -0.1) is 0 Å². The zero-order chi connectivity index (χ0) is 18.1. The molecule has 1 aromatic heterocycles. The van der Waals surface area contributed by atoms with Gasteiger partial charge in [0, 0.05) is 23.2 Å². The van der Waals surface area contributed by atoms with Crippen molar-refractivity contribution in [1.82, 2.24) is 19.7 Å². The zero-order valence-corrected chi connectivity index (χ0v) is 15.1. The van der Waals surface area contributed by atoms with Crippen LogP contribution >= 0.6 is 0 Å². The van der Waals surface area contributed by atoms with Gasteiger partial charge in [0.2, 0.25) is 0 Å². The Hall–Kier alpha value is -2.53. The molecule has 5 heteroatoms. The van der Waals surface area contributed by atoms with Gasteiger partial charge in [0.15, 0.2) is 5.82 Å². The predicted molar refractivity (Wildman–Crippen MR) is 99.9 cm³/mol. The highest BCUT2D eigenvalue weighted by atomic mass is 19.1. The summed E-state index contributed by atoms with van der Waals surface area (Å²) < 4.78 is 16.3. The summed E-state index contributed by atoms with van der Waals surface area (Å²) in [6.07, 6.45) is 2.29. The van der Waals surface area contributed by atoms with Crippen LogP contribution in [0, 0.1) is 12.7 Å². The third-order valence-corrected chi connectivity index (χ3v) is 4.98. The van der Waals surface area contributed by atoms with E-state index in [1.807, 2.05) is 54.1 Å². The van der Waals surface area contributed by atoms with Gasteiger partial charge in [-0.25, -0.2) is 14.1 Å². The van der Waals surface area contributed by atoms with Crippen molar-refractivity contribution in [2.45, 2.75) is 45.4 Å². The average Bonchev–Trinajstić information content (AvgIpc) is 3.43. The van der Waals surface area contributed by atoms with Gasteiger partial charge in [0.05, 0.1) is 6.67 Å². The van der Waals surface area contributed by atoms with Crippen molar-refractivity contribution in [2.24, 2.45) is 0 Å². The standard InChI is InChI=1S/C21H23FN4/c1-15(19-10-6-7-11-20(19)22)25(18-12-13-18)14-26-21(23-16(2)24-26)17-8-4-3-5-9-17/h3-11,15,18H,12-14H2,1-2H3. The van der Waals surface area contributed by atoms with Gasteiger partial charge in [-0.3, -0.25) is 4.90 Å². The molecule has 0 aliphatic heterocycles. The Morgan fingerprint density at radius 2 is 1.81 bits per heavy atom. The van der Waals surface area contributed by atoms with Crippen LogP contribution in [0.4, 0.5) is 4.39 Å². The Morgan fingerprint density at radius 1 is 1.12 bits per heavy atom. The van der Waals surface area contributed by atoms with Crippen LogP contribution in [-0.4, -0.2) is 25.7 Å². The fourth-order valence-corrected chi connectivity index (χ4v) is 3.46. The number of aromatic nitrogens is 3. The zero-order valence-electron chi connectivity index (χ0n) is 15.1. The Balaban J connectivity index is 1.65. The SMILES string of the molecule is Cc1nc(-c2ccccc2)n(CN(C2CC2)C(C)c2ccccc2F)n1. The van der Waals surface area contributed by atoms with Crippen molar-refractivity contribution in [3.05, 3.63) is 71.8 Å². The van der Waals surface area contributed by atoms with Gasteiger partial charge >= 0.3 is 0 Å². The van der Waals surface area contributed by atoms with E-state index in [0.29, 0.717) is 12.7 Å². The Bertz CT molecular complexity index is 886. The molecule has 0 spiro atoms. The first-order chi connectivity index (χ1) is 12.6. The molecule has 0 bridgehead atoms. The van der Waals surface area contributed by atoms with E-state index in [2.05, 4.69) is 21.9 Å². The molecule has 1 aliphatic carbocycles. The van der Waals surface area contributed by atoms with Crippen LogP contribution in [0.2, 0.25) is 0 Å². The van der Waals surface area contributed by atoms with Gasteiger partial charge in [0.1, 0.15) is 11.6 Å². The third-order valence-electron chi connectivity index (χ3n) is 4.98. The highest BCUT2D eigenvalue weighted by molar-refractivity contribution is 5.54. The first-order valence-electron chi connectivity index (χ1n) is 9.10. The van der Waals surface area contributed by atoms with Crippen LogP contribution in [-0.2, 0) is 6.67 Å². The summed E-state index contributed by atoms with van der Waals surface area (Å²) in [5.74, 6) is 1.45. The summed E-state index contributed by atoms with van der Waals surface area (Å²) in [6.45, 7) is 4.58. The maximum Gasteiger partial charge on any atom is 0.159 e. The van der Waals surface area contributed by atoms with Crippen LogP contribution in [0.25, 0.3) is 11.4 Å². The van der Waals surface area contributed by atoms with E-state index in [1.165, 1.54) is 6.07 Å². The number of nitrogens with zero attached hydrogens (tertiary/aromatic N) is 4. The molecule has 3 aromatic rings. The predicted octanol–water partition coefficient (Wildman–Crippen LogP) is 4.58. The Morgan fingerprint density at radius 3 is 2.50 bits per heavy atom. The van der Waals surface area contributed by atoms with Gasteiger partial charge in [-0.2, -0.15) is 5.10 Å². The lowest BCUT2D eigenvalue weighted by Gasteiger charge is -2.30. The normalized spacial score (nSPS) is 15.4. The van der Waals surface area contributed by atoms with Gasteiger partial charge in [-0.1, -0.05) is 48.5 Å². The van der Waals surface area contributed by atoms with Crippen molar-refractivity contribution in [2.75, 3.05) is 0 Å². The molecule has 1 aliphatic rings. The average molecular weight is 350 g/mol. The summed E-state index contributed by atoms with van der Waals surface area (Å²) in [4.78, 5) is 6.95. The highest BCUT2D eigenvalue weighted by Gasteiger charge is 2.34. The maximum atomic E-state index is 14.3. The third kappa shape index (κ3) is 3.40. The van der Waals surface area contributed by atoms with Crippen molar-refractivity contribution >= 4 is 0 Å². The monoisotopic (exact) mass is 350 g/mol. The molecular weight excluding hydrogens is 327 g/mol. The van der Waals surface area contributed by atoms with Crippen LogP contribution in [0.15, 0.2) is 54.6 Å². The largest absolute Gasteiger partial charge is 0.274 e. The molecule has 1 saturated carbocycles. The smallest absolute Gasteiger partial charge is 0.159 e. The number of aryl methyl sites for hydroxylation is 1. The summed E-state index contributed by atoms with van der Waals surface area (Å²) >= 11 is 0. The lowest BCUT2D eigenvalue weighted by molar-refractivity contribution is 0.142. The first-order valence-corrected chi connectivity index (χ1v) is 9.10. The van der Waals surface area contributed by atoms with Gasteiger partial charge in [0.25, 0.3) is 0 Å². The summed E-state index contributed by atoms with van der Waals surface area (Å²) in [5.41, 5.74) is 1.78. The fourth-order valence-electron chi connectivity index (χ4n) is 3.46. The number of halogens is 1. The molecule has 1 unspecified atom stereocenters. The second-order valence-corrected chi connectivity index (χ2v) is 6.93. The minimum absolute atomic E-state index is 0.0168. The second kappa shape index (κ2) is 7.00. The van der Waals surface area contributed by atoms with Gasteiger partial charge < -0.3 is 0 Å². The summed E-state index contributed by atoms with van der Waals surface area (Å²) in [6, 6.07) is 17.6. The van der Waals surface area contributed by atoms with Crippen molar-refractivity contribution < 1.29 is 4.39 Å². The molecule has 0 saturated heterocycles. The second-order valence-electron chi connectivity index (χ2n) is 6.93. The van der Waals surface area contributed by atoms with Crippen LogP contribution in [0.3, 0.4) is 0 Å². The van der Waals surface area contributed by atoms with Crippen molar-refractivity contribution in [3.8, 4) is 11.4 Å². The van der Waals surface area contributed by atoms with Crippen LogP contribution in [0.5, 0.6) is 0 Å². The van der Waals surface area contributed by atoms with E-state index in [0.717, 1.165) is 35.6 Å². The molecule has 2 aromatic carbocycles. The van der Waals surface area contributed by atoms with E-state index in [9.17, 15) is 4.39 Å². The minimum atomic E-state index is -0.149. The van der Waals surface area contributed by atoms with E-state index in [4.69, 9.17) is 0 Å². The summed E-state index contributed by atoms with van der Waals surface area (Å²) in [7, 11) is 0. The van der Waals surface area contributed by atoms with E-state index in [-0.39, 0.29) is 11.9 Å². The minimum Gasteiger partial charge on any atom is -0.274 e. The molecule has 0 N–H and O–H groups in total. The molecule has 4 nitrogen and oxygen atoms in total. The fraction of sp³-hybridized carbons (Fsp3) is 0.333. The first kappa shape index (κ1) is 16.9.